The summed E-state index contributed by atoms with van der Waals surface area (Å²) in [5.74, 6) is 1.03. The van der Waals surface area contributed by atoms with Crippen LogP contribution in [0.3, 0.4) is 0 Å². The van der Waals surface area contributed by atoms with Crippen molar-refractivity contribution in [3.8, 4) is 11.5 Å². The van der Waals surface area contributed by atoms with Crippen LogP contribution in [-0.4, -0.2) is 39.1 Å². The van der Waals surface area contributed by atoms with Gasteiger partial charge in [0.1, 0.15) is 0 Å². The van der Waals surface area contributed by atoms with Gasteiger partial charge in [-0.2, -0.15) is 0 Å². The standard InChI is InChI=1S/C21H25ClN2O4/c1-27-18-9-5-16(13-19(18)28-2)14-21(26)24-12-11-23-20(25)10-6-15-3-7-17(22)8-4-15/h3-5,7-9,13H,6,10-12,14H2,1-2H3,(H,23,25)(H,24,26). The van der Waals surface area contributed by atoms with Gasteiger partial charge in [-0.1, -0.05) is 29.8 Å². The van der Waals surface area contributed by atoms with Gasteiger partial charge in [0.15, 0.2) is 11.5 Å². The summed E-state index contributed by atoms with van der Waals surface area (Å²) in [7, 11) is 3.12. The third-order valence-corrected chi connectivity index (χ3v) is 4.39. The fourth-order valence-electron chi connectivity index (χ4n) is 2.64. The highest BCUT2D eigenvalue weighted by atomic mass is 35.5. The molecule has 0 aliphatic heterocycles. The van der Waals surface area contributed by atoms with Gasteiger partial charge in [0.2, 0.25) is 11.8 Å². The maximum Gasteiger partial charge on any atom is 0.224 e. The molecule has 0 radical (unpaired) electrons. The van der Waals surface area contributed by atoms with E-state index >= 15 is 0 Å². The predicted molar refractivity (Wildman–Crippen MR) is 109 cm³/mol. The minimum absolute atomic E-state index is 0.0518. The second-order valence-electron chi connectivity index (χ2n) is 6.19. The molecule has 0 bridgehead atoms. The van der Waals surface area contributed by atoms with Gasteiger partial charge in [-0.15, -0.1) is 0 Å². The topological polar surface area (TPSA) is 76.7 Å². The van der Waals surface area contributed by atoms with Crippen LogP contribution in [0.5, 0.6) is 11.5 Å². The van der Waals surface area contributed by atoms with Crippen molar-refractivity contribution in [1.82, 2.24) is 10.6 Å². The molecule has 28 heavy (non-hydrogen) atoms. The van der Waals surface area contributed by atoms with Crippen LogP contribution >= 0.6 is 11.6 Å². The van der Waals surface area contributed by atoms with Crippen LogP contribution in [0.25, 0.3) is 0 Å². The van der Waals surface area contributed by atoms with Crippen molar-refractivity contribution in [2.45, 2.75) is 19.3 Å². The monoisotopic (exact) mass is 404 g/mol. The summed E-state index contributed by atoms with van der Waals surface area (Å²) in [6.07, 6.45) is 1.26. The molecule has 0 atom stereocenters. The molecule has 0 aliphatic carbocycles. The summed E-state index contributed by atoms with van der Waals surface area (Å²) in [6.45, 7) is 0.760. The summed E-state index contributed by atoms with van der Waals surface area (Å²) < 4.78 is 10.4. The normalized spacial score (nSPS) is 10.2. The zero-order chi connectivity index (χ0) is 20.4. The number of ether oxygens (including phenoxy) is 2. The molecule has 0 aliphatic rings. The van der Waals surface area contributed by atoms with Crippen molar-refractivity contribution in [2.24, 2.45) is 0 Å². The van der Waals surface area contributed by atoms with Gasteiger partial charge >= 0.3 is 0 Å². The summed E-state index contributed by atoms with van der Waals surface area (Å²) >= 11 is 5.84. The fourth-order valence-corrected chi connectivity index (χ4v) is 2.77. The molecular formula is C21H25ClN2O4. The van der Waals surface area contributed by atoms with E-state index in [1.54, 1.807) is 26.4 Å². The maximum atomic E-state index is 12.0. The Labute approximate surface area is 170 Å². The molecule has 2 rings (SSSR count). The molecule has 0 aromatic heterocycles. The fraction of sp³-hybridized carbons (Fsp3) is 0.333. The highest BCUT2D eigenvalue weighted by Gasteiger charge is 2.08. The number of carbonyl (C=O) groups excluding carboxylic acids is 2. The number of carbonyl (C=O) groups is 2. The molecule has 2 aromatic carbocycles. The van der Waals surface area contributed by atoms with E-state index in [2.05, 4.69) is 10.6 Å². The third-order valence-electron chi connectivity index (χ3n) is 4.14. The lowest BCUT2D eigenvalue weighted by atomic mass is 10.1. The number of benzene rings is 2. The number of amides is 2. The van der Waals surface area contributed by atoms with Crippen LogP contribution < -0.4 is 20.1 Å². The van der Waals surface area contributed by atoms with E-state index in [4.69, 9.17) is 21.1 Å². The first-order chi connectivity index (χ1) is 13.5. The average Bonchev–Trinajstić information content (AvgIpc) is 2.70. The summed E-state index contributed by atoms with van der Waals surface area (Å²) in [4.78, 5) is 23.9. The van der Waals surface area contributed by atoms with Gasteiger partial charge < -0.3 is 20.1 Å². The van der Waals surface area contributed by atoms with E-state index in [1.165, 1.54) is 0 Å². The predicted octanol–water partition coefficient (Wildman–Crippen LogP) is 2.76. The maximum absolute atomic E-state index is 12.0. The minimum Gasteiger partial charge on any atom is -0.493 e. The van der Waals surface area contributed by atoms with Gasteiger partial charge in [0.05, 0.1) is 20.6 Å². The molecule has 0 saturated carbocycles. The largest absolute Gasteiger partial charge is 0.493 e. The quantitative estimate of drug-likeness (QED) is 0.597. The Balaban J connectivity index is 1.65. The first-order valence-corrected chi connectivity index (χ1v) is 9.38. The first-order valence-electron chi connectivity index (χ1n) is 9.00. The van der Waals surface area contributed by atoms with Gasteiger partial charge in [0, 0.05) is 24.5 Å². The van der Waals surface area contributed by atoms with Gasteiger partial charge in [-0.3, -0.25) is 9.59 Å². The third kappa shape index (κ3) is 7.12. The summed E-state index contributed by atoms with van der Waals surface area (Å²) in [5.41, 5.74) is 1.88. The molecule has 2 N–H and O–H groups in total. The molecule has 0 saturated heterocycles. The number of hydrogen-bond donors (Lipinski definition) is 2. The molecule has 6 nitrogen and oxygen atoms in total. The van der Waals surface area contributed by atoms with E-state index < -0.39 is 0 Å². The number of hydrogen-bond acceptors (Lipinski definition) is 4. The lowest BCUT2D eigenvalue weighted by Crippen LogP contribution is -2.35. The van der Waals surface area contributed by atoms with Crippen molar-refractivity contribution in [3.63, 3.8) is 0 Å². The van der Waals surface area contributed by atoms with Crippen LogP contribution in [-0.2, 0) is 22.4 Å². The zero-order valence-electron chi connectivity index (χ0n) is 16.1. The van der Waals surface area contributed by atoms with E-state index in [-0.39, 0.29) is 18.2 Å². The lowest BCUT2D eigenvalue weighted by Gasteiger charge is -2.10. The lowest BCUT2D eigenvalue weighted by molar-refractivity contribution is -0.122. The Bertz CT molecular complexity index is 793. The highest BCUT2D eigenvalue weighted by molar-refractivity contribution is 6.30. The van der Waals surface area contributed by atoms with Crippen molar-refractivity contribution in [3.05, 3.63) is 58.6 Å². The molecule has 0 heterocycles. The SMILES string of the molecule is COc1ccc(CC(=O)NCCNC(=O)CCc2ccc(Cl)cc2)cc1OC. The molecular weight excluding hydrogens is 380 g/mol. The summed E-state index contributed by atoms with van der Waals surface area (Å²) in [6, 6.07) is 12.8. The van der Waals surface area contributed by atoms with Crippen LogP contribution in [0, 0.1) is 0 Å². The molecule has 150 valence electrons. The van der Waals surface area contributed by atoms with Gasteiger partial charge in [-0.05, 0) is 41.8 Å². The van der Waals surface area contributed by atoms with E-state index in [0.29, 0.717) is 42.5 Å². The molecule has 7 heteroatoms. The van der Waals surface area contributed by atoms with Crippen molar-refractivity contribution in [2.75, 3.05) is 27.3 Å². The number of methoxy groups -OCH3 is 2. The van der Waals surface area contributed by atoms with Crippen molar-refractivity contribution < 1.29 is 19.1 Å². The van der Waals surface area contributed by atoms with Crippen LogP contribution in [0.4, 0.5) is 0 Å². The molecule has 0 unspecified atom stereocenters. The van der Waals surface area contributed by atoms with E-state index in [0.717, 1.165) is 11.1 Å². The van der Waals surface area contributed by atoms with E-state index in [1.807, 2.05) is 30.3 Å². The van der Waals surface area contributed by atoms with Gasteiger partial charge in [-0.25, -0.2) is 0 Å². The molecule has 0 fully saturated rings. The molecule has 2 aromatic rings. The molecule has 0 spiro atoms. The Kier molecular flexibility index (Phi) is 8.62. The Morgan fingerprint density at radius 3 is 2.11 bits per heavy atom. The van der Waals surface area contributed by atoms with Crippen LogP contribution in [0.2, 0.25) is 5.02 Å². The van der Waals surface area contributed by atoms with Crippen LogP contribution in [0.15, 0.2) is 42.5 Å². The van der Waals surface area contributed by atoms with E-state index in [9.17, 15) is 9.59 Å². The second kappa shape index (κ2) is 11.2. The highest BCUT2D eigenvalue weighted by Crippen LogP contribution is 2.27. The molecule has 2 amide bonds. The van der Waals surface area contributed by atoms with Crippen LogP contribution in [0.1, 0.15) is 17.5 Å². The van der Waals surface area contributed by atoms with Gasteiger partial charge in [0.25, 0.3) is 0 Å². The summed E-state index contributed by atoms with van der Waals surface area (Å²) in [5, 5.41) is 6.27. The zero-order valence-corrected chi connectivity index (χ0v) is 16.8. The van der Waals surface area contributed by atoms with Crippen molar-refractivity contribution >= 4 is 23.4 Å². The van der Waals surface area contributed by atoms with Crippen molar-refractivity contribution in [1.29, 1.82) is 0 Å². The number of aryl methyl sites for hydroxylation is 1. The first kappa shape index (κ1) is 21.6. The number of nitrogens with one attached hydrogen (secondary N) is 2. The minimum atomic E-state index is -0.123. The Hall–Kier alpha value is -2.73. The second-order valence-corrected chi connectivity index (χ2v) is 6.63. The number of halogens is 1. The number of rotatable bonds is 10. The Morgan fingerprint density at radius 2 is 1.46 bits per heavy atom. The Morgan fingerprint density at radius 1 is 0.857 bits per heavy atom. The average molecular weight is 405 g/mol. The smallest absolute Gasteiger partial charge is 0.224 e.